The molecule has 0 spiro atoms. The van der Waals surface area contributed by atoms with Crippen molar-refractivity contribution in [1.29, 1.82) is 0 Å². The van der Waals surface area contributed by atoms with Gasteiger partial charge in [0.2, 0.25) is 0 Å². The third-order valence-corrected chi connectivity index (χ3v) is 0. The molecule has 0 aromatic heterocycles. The van der Waals surface area contributed by atoms with Gasteiger partial charge in [-0.25, -0.2) is 0 Å². The molecule has 6 N–H and O–H groups in total. The van der Waals surface area contributed by atoms with E-state index in [9.17, 15) is 0 Å². The Kier molecular flexibility index (Phi) is 11.5. The predicted octanol–water partition coefficient (Wildman–Crippen LogP) is -4.10. The Morgan fingerprint density at radius 3 is 0.500 bits per heavy atom. The fourth-order valence-electron chi connectivity index (χ4n) is 0. The Balaban J connectivity index is 0. The van der Waals surface area contributed by atoms with Gasteiger partial charge in [0, 0.05) is 0 Å². The van der Waals surface area contributed by atoms with E-state index in [-0.39, 0.29) is 0 Å². The molecule has 0 unspecified atom stereocenters. The van der Waals surface area contributed by atoms with Crippen molar-refractivity contribution < 1.29 is 24.6 Å². The summed E-state index contributed by atoms with van der Waals surface area (Å²) < 4.78 is 43.9. The van der Waals surface area contributed by atoms with Gasteiger partial charge in [-0.05, 0) is 0 Å². The van der Waals surface area contributed by atoms with Crippen LogP contribution in [0, 0.1) is 0 Å². The molecule has 52 valence electrons. The average molecular weight is 252 g/mol. The first-order valence-electron chi connectivity index (χ1n) is 1.20. The standard InChI is InChI=1S/2AsH3O3/c2*2-1(3)4/h2*2-4H. The maximum atomic E-state index is 7.31. The zero-order chi connectivity index (χ0) is 7.15. The molecule has 0 amide bonds. The molecule has 0 aliphatic rings. The molecule has 0 fully saturated rings. The molecule has 0 bridgehead atoms. The Morgan fingerprint density at radius 2 is 0.500 bits per heavy atom. The molecule has 6 nitrogen and oxygen atoms in total. The molecule has 0 radical (unpaired) electrons. The van der Waals surface area contributed by atoms with Crippen molar-refractivity contribution in [3.05, 3.63) is 0 Å². The van der Waals surface area contributed by atoms with Crippen LogP contribution in [0.3, 0.4) is 0 Å². The van der Waals surface area contributed by atoms with Crippen LogP contribution in [0.5, 0.6) is 0 Å². The molecule has 8 heteroatoms. The molecular formula is H6As2O6. The third kappa shape index (κ3) is 309. The first-order valence-corrected chi connectivity index (χ1v) is 6.24. The molecule has 0 heterocycles. The summed E-state index contributed by atoms with van der Waals surface area (Å²) in [6.07, 6.45) is 0. The fraction of sp³-hybridized carbons (Fsp3) is 0. The molecule has 0 rings (SSSR count). The second-order valence-corrected chi connectivity index (χ2v) is 2.79. The Hall–Kier alpha value is 0.877. The Labute approximate surface area is 56.3 Å². The maximum absolute atomic E-state index is 7.31. The van der Waals surface area contributed by atoms with Crippen LogP contribution >= 0.6 is 0 Å². The van der Waals surface area contributed by atoms with Gasteiger partial charge in [0.05, 0.1) is 0 Å². The quantitative estimate of drug-likeness (QED) is 0.244. The summed E-state index contributed by atoms with van der Waals surface area (Å²) >= 11 is -6.38. The van der Waals surface area contributed by atoms with E-state index in [0.29, 0.717) is 0 Å². The minimum atomic E-state index is -3.19. The summed E-state index contributed by atoms with van der Waals surface area (Å²) in [5.41, 5.74) is 0. The van der Waals surface area contributed by atoms with Gasteiger partial charge >= 0.3 is 55.9 Å². The Bertz CT molecular complexity index is 22.0. The van der Waals surface area contributed by atoms with Crippen LogP contribution in [0.2, 0.25) is 0 Å². The van der Waals surface area contributed by atoms with E-state index >= 15 is 0 Å². The van der Waals surface area contributed by atoms with Crippen LogP contribution in [0.1, 0.15) is 0 Å². The van der Waals surface area contributed by atoms with Crippen molar-refractivity contribution in [2.45, 2.75) is 0 Å². The van der Waals surface area contributed by atoms with E-state index in [1.165, 1.54) is 0 Å². The van der Waals surface area contributed by atoms with Crippen molar-refractivity contribution in [2.24, 2.45) is 0 Å². The van der Waals surface area contributed by atoms with Crippen LogP contribution in [0.4, 0.5) is 0 Å². The van der Waals surface area contributed by atoms with Crippen molar-refractivity contribution in [1.82, 2.24) is 0 Å². The topological polar surface area (TPSA) is 121 Å². The zero-order valence-electron chi connectivity index (χ0n) is 3.58. The first kappa shape index (κ1) is 11.6. The van der Waals surface area contributed by atoms with Gasteiger partial charge < -0.3 is 0 Å². The molecule has 0 atom stereocenters. The molecule has 8 heavy (non-hydrogen) atoms. The van der Waals surface area contributed by atoms with Crippen LogP contribution in [0.25, 0.3) is 0 Å². The zero-order valence-corrected chi connectivity index (χ0v) is 7.33. The molecule has 0 aliphatic carbocycles. The van der Waals surface area contributed by atoms with Gasteiger partial charge in [-0.15, -0.1) is 0 Å². The van der Waals surface area contributed by atoms with Gasteiger partial charge in [0.25, 0.3) is 0 Å². The number of rotatable bonds is 0. The van der Waals surface area contributed by atoms with Gasteiger partial charge in [0.15, 0.2) is 0 Å². The predicted molar refractivity (Wildman–Crippen MR) is 24.8 cm³/mol. The summed E-state index contributed by atoms with van der Waals surface area (Å²) in [7, 11) is 0. The summed E-state index contributed by atoms with van der Waals surface area (Å²) in [5, 5.41) is 0. The Morgan fingerprint density at radius 1 is 0.500 bits per heavy atom. The number of hydrogen-bond acceptors (Lipinski definition) is 6. The fourth-order valence-corrected chi connectivity index (χ4v) is 0. The summed E-state index contributed by atoms with van der Waals surface area (Å²) in [4.78, 5) is 0. The van der Waals surface area contributed by atoms with Crippen molar-refractivity contribution in [3.63, 3.8) is 0 Å². The molecule has 0 saturated carbocycles. The van der Waals surface area contributed by atoms with Gasteiger partial charge in [-0.3, -0.25) is 0 Å². The first-order chi connectivity index (χ1) is 3.46. The summed E-state index contributed by atoms with van der Waals surface area (Å²) in [5.74, 6) is 0. The third-order valence-electron chi connectivity index (χ3n) is 0. The van der Waals surface area contributed by atoms with E-state index in [4.69, 9.17) is 24.6 Å². The minimum absolute atomic E-state index is 3.19. The van der Waals surface area contributed by atoms with Crippen molar-refractivity contribution >= 4 is 31.4 Å². The molecule has 0 saturated heterocycles. The van der Waals surface area contributed by atoms with Gasteiger partial charge in [-0.2, -0.15) is 0 Å². The summed E-state index contributed by atoms with van der Waals surface area (Å²) in [6, 6.07) is 0. The molecule has 0 aliphatic heterocycles. The SMILES string of the molecule is O[As](O)O.O[As](O)O. The van der Waals surface area contributed by atoms with Gasteiger partial charge in [-0.1, -0.05) is 0 Å². The van der Waals surface area contributed by atoms with Crippen LogP contribution in [-0.2, 0) is 0 Å². The van der Waals surface area contributed by atoms with E-state index < -0.39 is 31.4 Å². The monoisotopic (exact) mass is 252 g/mol. The molecule has 0 aromatic carbocycles. The van der Waals surface area contributed by atoms with Gasteiger partial charge in [0.1, 0.15) is 0 Å². The second kappa shape index (κ2) is 7.88. The normalized spacial score (nSPS) is 9.00. The summed E-state index contributed by atoms with van der Waals surface area (Å²) in [6.45, 7) is 0. The van der Waals surface area contributed by atoms with Crippen molar-refractivity contribution in [3.8, 4) is 0 Å². The van der Waals surface area contributed by atoms with Crippen molar-refractivity contribution in [2.75, 3.05) is 0 Å². The van der Waals surface area contributed by atoms with E-state index in [2.05, 4.69) is 0 Å². The van der Waals surface area contributed by atoms with Crippen LogP contribution < -0.4 is 0 Å². The van der Waals surface area contributed by atoms with Crippen LogP contribution in [0.15, 0.2) is 0 Å². The molecule has 0 aromatic rings. The second-order valence-electron chi connectivity index (χ2n) is 0.537. The average Bonchev–Trinajstić information content (AvgIpc) is 1.25. The van der Waals surface area contributed by atoms with E-state index in [0.717, 1.165) is 0 Å². The van der Waals surface area contributed by atoms with E-state index in [1.807, 2.05) is 0 Å². The molecular weight excluding hydrogens is 246 g/mol. The number of hydrogen-bond donors (Lipinski definition) is 6. The van der Waals surface area contributed by atoms with E-state index in [1.54, 1.807) is 0 Å². The van der Waals surface area contributed by atoms with Crippen LogP contribution in [-0.4, -0.2) is 55.9 Å².